The largest absolute Gasteiger partial charge is 0.480 e. The normalized spacial score (nSPS) is 40.0. The molecule has 4 aliphatic rings. The van der Waals surface area contributed by atoms with Crippen LogP contribution in [0.1, 0.15) is 55.3 Å². The fourth-order valence-corrected chi connectivity index (χ4v) is 5.38. The van der Waals surface area contributed by atoms with Gasteiger partial charge >= 0.3 is 5.97 Å². The van der Waals surface area contributed by atoms with E-state index in [0.717, 1.165) is 17.4 Å². The molecule has 4 fully saturated rings. The molecule has 0 saturated heterocycles. The van der Waals surface area contributed by atoms with Gasteiger partial charge in [0.05, 0.1) is 11.9 Å². The molecule has 1 unspecified atom stereocenters. The van der Waals surface area contributed by atoms with E-state index in [1.165, 1.54) is 32.1 Å². The lowest BCUT2D eigenvalue weighted by molar-refractivity contribution is -0.138. The number of nitrogens with zero attached hydrogens (tertiary/aromatic N) is 1. The van der Waals surface area contributed by atoms with Gasteiger partial charge in [0.15, 0.2) is 0 Å². The fourth-order valence-electron chi connectivity index (χ4n) is 5.38. The Morgan fingerprint density at radius 3 is 2.40 bits per heavy atom. The Morgan fingerprint density at radius 2 is 1.85 bits per heavy atom. The summed E-state index contributed by atoms with van der Waals surface area (Å²) in [4.78, 5) is 11.2. The van der Waals surface area contributed by atoms with Crippen molar-refractivity contribution in [1.82, 2.24) is 10.2 Å². The van der Waals surface area contributed by atoms with Gasteiger partial charge in [-0.05, 0) is 67.3 Å². The van der Waals surface area contributed by atoms with Gasteiger partial charge < -0.3 is 10.8 Å². The molecule has 4 aliphatic carbocycles. The van der Waals surface area contributed by atoms with Crippen molar-refractivity contribution in [1.29, 1.82) is 0 Å². The first-order chi connectivity index (χ1) is 9.63. The summed E-state index contributed by atoms with van der Waals surface area (Å²) >= 11 is 0. The van der Waals surface area contributed by atoms with E-state index in [1.807, 2.05) is 6.20 Å². The first-order valence-corrected chi connectivity index (χ1v) is 7.65. The third-order valence-electron chi connectivity index (χ3n) is 5.86. The molecule has 5 nitrogen and oxygen atoms in total. The number of carboxylic acid groups (broad SMARTS) is 1. The van der Waals surface area contributed by atoms with Crippen molar-refractivity contribution < 1.29 is 9.90 Å². The zero-order chi connectivity index (χ0) is 13.9. The molecule has 1 aromatic rings. The number of aromatic amines is 1. The third kappa shape index (κ3) is 1.72. The number of hydrogen-bond acceptors (Lipinski definition) is 3. The number of nitrogens with two attached hydrogens (primary N) is 1. The summed E-state index contributed by atoms with van der Waals surface area (Å²) in [6.45, 7) is 0. The highest BCUT2D eigenvalue weighted by atomic mass is 16.4. The fraction of sp³-hybridized carbons (Fsp3) is 0.733. The van der Waals surface area contributed by atoms with Crippen molar-refractivity contribution in [3.05, 3.63) is 17.5 Å². The van der Waals surface area contributed by atoms with Crippen LogP contribution >= 0.6 is 0 Å². The van der Waals surface area contributed by atoms with Gasteiger partial charge in [-0.15, -0.1) is 0 Å². The second-order valence-electron chi connectivity index (χ2n) is 7.01. The lowest BCUT2D eigenvalue weighted by atomic mass is 9.50. The standard InChI is InChI=1S/C15H21N3O2/c16-13(15(19)20)14-11(6-17-18-14)12-9-2-7-1-8(4-9)5-10(12)3-7/h6-10,12-13H,1-5,16H2,(H,17,18)(H,19,20). The van der Waals surface area contributed by atoms with E-state index in [9.17, 15) is 4.79 Å². The Hall–Kier alpha value is -1.36. The van der Waals surface area contributed by atoms with E-state index in [1.54, 1.807) is 0 Å². The van der Waals surface area contributed by atoms with Crippen LogP contribution in [-0.4, -0.2) is 21.3 Å². The van der Waals surface area contributed by atoms with Gasteiger partial charge in [0.25, 0.3) is 0 Å². The Bertz CT molecular complexity index is 511. The zero-order valence-corrected chi connectivity index (χ0v) is 11.5. The number of rotatable bonds is 3. The maximum atomic E-state index is 11.2. The molecule has 4 saturated carbocycles. The number of carbonyl (C=O) groups is 1. The summed E-state index contributed by atoms with van der Waals surface area (Å²) in [5.74, 6) is 2.74. The van der Waals surface area contributed by atoms with E-state index in [2.05, 4.69) is 10.2 Å². The number of nitrogens with one attached hydrogen (secondary N) is 1. The molecule has 1 aromatic heterocycles. The van der Waals surface area contributed by atoms with Crippen LogP contribution in [0.3, 0.4) is 0 Å². The molecule has 1 heterocycles. The van der Waals surface area contributed by atoms with Crippen molar-refractivity contribution in [3.8, 4) is 0 Å². The summed E-state index contributed by atoms with van der Waals surface area (Å²) < 4.78 is 0. The van der Waals surface area contributed by atoms with Crippen LogP contribution in [0.4, 0.5) is 0 Å². The third-order valence-corrected chi connectivity index (χ3v) is 5.86. The molecule has 0 aromatic carbocycles. The maximum Gasteiger partial charge on any atom is 0.326 e. The Labute approximate surface area is 117 Å². The number of H-pyrrole nitrogens is 1. The van der Waals surface area contributed by atoms with Crippen molar-refractivity contribution in [2.75, 3.05) is 0 Å². The number of aliphatic carboxylic acids is 1. The summed E-state index contributed by atoms with van der Waals surface area (Å²) in [5.41, 5.74) is 7.50. The van der Waals surface area contributed by atoms with Gasteiger partial charge in [0.2, 0.25) is 0 Å². The van der Waals surface area contributed by atoms with Crippen LogP contribution in [0.15, 0.2) is 6.20 Å². The van der Waals surface area contributed by atoms with E-state index in [-0.39, 0.29) is 0 Å². The highest BCUT2D eigenvalue weighted by Crippen LogP contribution is 2.60. The summed E-state index contributed by atoms with van der Waals surface area (Å²) in [7, 11) is 0. The van der Waals surface area contributed by atoms with Crippen molar-refractivity contribution in [2.24, 2.45) is 29.4 Å². The molecule has 0 aliphatic heterocycles. The minimum atomic E-state index is -0.987. The van der Waals surface area contributed by atoms with Gasteiger partial charge in [0.1, 0.15) is 6.04 Å². The molecule has 108 valence electrons. The highest BCUT2D eigenvalue weighted by Gasteiger charge is 2.49. The summed E-state index contributed by atoms with van der Waals surface area (Å²) in [6.07, 6.45) is 8.49. The van der Waals surface area contributed by atoms with Crippen molar-refractivity contribution in [2.45, 2.75) is 44.1 Å². The predicted molar refractivity (Wildman–Crippen MR) is 72.9 cm³/mol. The lowest BCUT2D eigenvalue weighted by Gasteiger charge is -2.54. The summed E-state index contributed by atoms with van der Waals surface area (Å²) in [5, 5.41) is 16.1. The van der Waals surface area contributed by atoms with Crippen LogP contribution in [-0.2, 0) is 4.79 Å². The molecular formula is C15H21N3O2. The van der Waals surface area contributed by atoms with E-state index < -0.39 is 12.0 Å². The molecule has 0 amide bonds. The van der Waals surface area contributed by atoms with Crippen LogP contribution < -0.4 is 5.73 Å². The van der Waals surface area contributed by atoms with Gasteiger partial charge in [-0.1, -0.05) is 0 Å². The summed E-state index contributed by atoms with van der Waals surface area (Å²) in [6, 6.07) is -0.982. The van der Waals surface area contributed by atoms with E-state index in [4.69, 9.17) is 10.8 Å². The molecule has 4 N–H and O–H groups in total. The van der Waals surface area contributed by atoms with E-state index in [0.29, 0.717) is 23.4 Å². The maximum absolute atomic E-state index is 11.2. The Balaban J connectivity index is 1.68. The van der Waals surface area contributed by atoms with Gasteiger partial charge in [-0.3, -0.25) is 9.89 Å². The van der Waals surface area contributed by atoms with E-state index >= 15 is 0 Å². The monoisotopic (exact) mass is 275 g/mol. The van der Waals surface area contributed by atoms with Gasteiger partial charge in [-0.25, -0.2) is 0 Å². The van der Waals surface area contributed by atoms with Gasteiger partial charge in [0, 0.05) is 0 Å². The number of carboxylic acids is 1. The molecule has 0 spiro atoms. The minimum Gasteiger partial charge on any atom is -0.480 e. The smallest absolute Gasteiger partial charge is 0.326 e. The van der Waals surface area contributed by atoms with Crippen LogP contribution in [0, 0.1) is 23.7 Å². The Kier molecular flexibility index (Phi) is 2.67. The Morgan fingerprint density at radius 1 is 1.25 bits per heavy atom. The minimum absolute atomic E-state index is 0.474. The van der Waals surface area contributed by atoms with Crippen LogP contribution in [0.5, 0.6) is 0 Å². The SMILES string of the molecule is NC(C(=O)O)c1[nH]ncc1C1C2CC3CC(C2)CC1C3. The van der Waals surface area contributed by atoms with Crippen molar-refractivity contribution >= 4 is 5.97 Å². The zero-order valence-electron chi connectivity index (χ0n) is 11.5. The second-order valence-corrected chi connectivity index (χ2v) is 7.01. The first kappa shape index (κ1) is 12.4. The average Bonchev–Trinajstić information content (AvgIpc) is 2.85. The molecule has 20 heavy (non-hydrogen) atoms. The number of hydrogen-bond donors (Lipinski definition) is 3. The quantitative estimate of drug-likeness (QED) is 0.787. The molecule has 5 rings (SSSR count). The highest BCUT2D eigenvalue weighted by molar-refractivity contribution is 5.75. The second kappa shape index (κ2) is 4.32. The molecule has 5 heteroatoms. The topological polar surface area (TPSA) is 92.0 Å². The van der Waals surface area contributed by atoms with Crippen molar-refractivity contribution in [3.63, 3.8) is 0 Å². The average molecular weight is 275 g/mol. The molecule has 4 bridgehead atoms. The van der Waals surface area contributed by atoms with Gasteiger partial charge in [-0.2, -0.15) is 5.10 Å². The number of aromatic nitrogens is 2. The van der Waals surface area contributed by atoms with Crippen LogP contribution in [0.25, 0.3) is 0 Å². The molecule has 0 radical (unpaired) electrons. The lowest BCUT2D eigenvalue weighted by Crippen LogP contribution is -2.44. The predicted octanol–water partition coefficient (Wildman–Crippen LogP) is 2.03. The molecule has 1 atom stereocenters. The first-order valence-electron chi connectivity index (χ1n) is 7.65. The molecular weight excluding hydrogens is 254 g/mol. The van der Waals surface area contributed by atoms with Crippen LogP contribution in [0.2, 0.25) is 0 Å².